The minimum absolute atomic E-state index is 0.0121. The van der Waals surface area contributed by atoms with Crippen molar-refractivity contribution < 1.29 is 28.2 Å². The number of esters is 1. The number of carbonyl (C=O) groups excluding carboxylic acids is 2. The molecular formula is C28H33NO6S. The number of aryl methyl sites for hydroxylation is 1. The fourth-order valence-corrected chi connectivity index (χ4v) is 5.45. The summed E-state index contributed by atoms with van der Waals surface area (Å²) in [6.07, 6.45) is 0.945. The molecule has 0 unspecified atom stereocenters. The molecular weight excluding hydrogens is 478 g/mol. The third kappa shape index (κ3) is 5.19. The highest BCUT2D eigenvalue weighted by Crippen LogP contribution is 2.46. The molecule has 1 N–H and O–H groups in total. The molecule has 0 saturated carbocycles. The van der Waals surface area contributed by atoms with Crippen molar-refractivity contribution in [3.63, 3.8) is 0 Å². The van der Waals surface area contributed by atoms with E-state index in [9.17, 15) is 9.59 Å². The van der Waals surface area contributed by atoms with Gasteiger partial charge < -0.3 is 23.9 Å². The minimum atomic E-state index is -0.597. The SMILES string of the molecule is CCSCCOC(=O)C1=C(C)NC2=C(C(=O)C[C@H](c3ccc(OC)c(OC)c3)C2)[C@H]1c1ccc(C)o1. The van der Waals surface area contributed by atoms with Crippen LogP contribution in [0.5, 0.6) is 11.5 Å². The molecule has 2 heterocycles. The van der Waals surface area contributed by atoms with Crippen LogP contribution in [0.1, 0.15) is 55.6 Å². The summed E-state index contributed by atoms with van der Waals surface area (Å²) in [5.41, 5.74) is 3.52. The van der Waals surface area contributed by atoms with Gasteiger partial charge >= 0.3 is 5.97 Å². The highest BCUT2D eigenvalue weighted by molar-refractivity contribution is 7.99. The van der Waals surface area contributed by atoms with Gasteiger partial charge in [0.25, 0.3) is 0 Å². The van der Waals surface area contributed by atoms with Gasteiger partial charge in [0.2, 0.25) is 0 Å². The van der Waals surface area contributed by atoms with Crippen molar-refractivity contribution >= 4 is 23.5 Å². The summed E-state index contributed by atoms with van der Waals surface area (Å²) >= 11 is 1.71. The Morgan fingerprint density at radius 1 is 1.11 bits per heavy atom. The van der Waals surface area contributed by atoms with Crippen LogP contribution in [0.15, 0.2) is 57.3 Å². The van der Waals surface area contributed by atoms with Crippen LogP contribution in [0, 0.1) is 6.92 Å². The van der Waals surface area contributed by atoms with E-state index in [0.29, 0.717) is 53.6 Å². The van der Waals surface area contributed by atoms with Crippen LogP contribution in [0.2, 0.25) is 0 Å². The van der Waals surface area contributed by atoms with Crippen LogP contribution >= 0.6 is 11.8 Å². The highest BCUT2D eigenvalue weighted by atomic mass is 32.2. The van der Waals surface area contributed by atoms with Gasteiger partial charge in [-0.05, 0) is 61.8 Å². The first-order valence-corrected chi connectivity index (χ1v) is 13.3. The number of carbonyl (C=O) groups is 2. The average molecular weight is 512 g/mol. The van der Waals surface area contributed by atoms with E-state index in [-0.39, 0.29) is 11.7 Å². The number of ether oxygens (including phenoxy) is 3. The lowest BCUT2D eigenvalue weighted by Gasteiger charge is -2.35. The average Bonchev–Trinajstić information content (AvgIpc) is 3.30. The number of dihydropyridines is 1. The molecule has 0 amide bonds. The number of methoxy groups -OCH3 is 2. The maximum atomic E-state index is 13.7. The fraction of sp³-hybridized carbons (Fsp3) is 0.429. The molecule has 2 aromatic rings. The Labute approximate surface area is 216 Å². The third-order valence-electron chi connectivity index (χ3n) is 6.64. The molecule has 36 heavy (non-hydrogen) atoms. The van der Waals surface area contributed by atoms with Crippen molar-refractivity contribution in [3.8, 4) is 11.5 Å². The van der Waals surface area contributed by atoms with Gasteiger partial charge in [-0.25, -0.2) is 4.79 Å². The Balaban J connectivity index is 1.68. The Morgan fingerprint density at radius 3 is 2.56 bits per heavy atom. The lowest BCUT2D eigenvalue weighted by molar-refractivity contribution is -0.138. The van der Waals surface area contributed by atoms with Crippen LogP contribution in [0.3, 0.4) is 0 Å². The number of hydrogen-bond acceptors (Lipinski definition) is 8. The van der Waals surface area contributed by atoms with E-state index in [0.717, 1.165) is 28.5 Å². The quantitative estimate of drug-likeness (QED) is 0.360. The van der Waals surface area contributed by atoms with Crippen molar-refractivity contribution in [2.75, 3.05) is 32.3 Å². The number of furan rings is 1. The second-order valence-electron chi connectivity index (χ2n) is 8.91. The predicted octanol–water partition coefficient (Wildman–Crippen LogP) is 5.26. The molecule has 1 aromatic carbocycles. The zero-order chi connectivity index (χ0) is 25.8. The molecule has 4 rings (SSSR count). The van der Waals surface area contributed by atoms with Gasteiger partial charge in [-0.1, -0.05) is 13.0 Å². The molecule has 7 nitrogen and oxygen atoms in total. The first-order chi connectivity index (χ1) is 17.4. The highest BCUT2D eigenvalue weighted by Gasteiger charge is 2.42. The number of Topliss-reactive ketones (excluding diaryl/α,β-unsaturated/α-hetero) is 1. The summed E-state index contributed by atoms with van der Waals surface area (Å²) < 4.78 is 22.4. The molecule has 0 fully saturated rings. The molecule has 0 radical (unpaired) electrons. The van der Waals surface area contributed by atoms with Crippen molar-refractivity contribution in [3.05, 3.63) is 70.0 Å². The zero-order valence-electron chi connectivity index (χ0n) is 21.4. The smallest absolute Gasteiger partial charge is 0.336 e. The molecule has 0 bridgehead atoms. The topological polar surface area (TPSA) is 87.0 Å². The molecule has 1 aromatic heterocycles. The monoisotopic (exact) mass is 511 g/mol. The zero-order valence-corrected chi connectivity index (χ0v) is 22.3. The standard InChI is InChI=1S/C28H33NO6S/c1-6-36-12-11-34-28(31)25-17(3)29-20-13-19(18-8-10-22(32-4)24(15-18)33-5)14-21(30)26(20)27(25)23-9-7-16(2)35-23/h7-10,15,19,27,29H,6,11-14H2,1-5H3/t19-,27+/m1/s1. The van der Waals surface area contributed by atoms with Crippen LogP contribution in [0.4, 0.5) is 0 Å². The van der Waals surface area contributed by atoms with Crippen molar-refractivity contribution in [2.24, 2.45) is 0 Å². The van der Waals surface area contributed by atoms with E-state index in [1.165, 1.54) is 0 Å². The van der Waals surface area contributed by atoms with Gasteiger partial charge in [-0.15, -0.1) is 0 Å². The molecule has 1 aliphatic heterocycles. The van der Waals surface area contributed by atoms with Gasteiger partial charge in [0.1, 0.15) is 18.1 Å². The summed E-state index contributed by atoms with van der Waals surface area (Å²) in [5, 5.41) is 3.37. The number of allylic oxidation sites excluding steroid dienone is 3. The number of ketones is 1. The predicted molar refractivity (Wildman–Crippen MR) is 140 cm³/mol. The van der Waals surface area contributed by atoms with Gasteiger partial charge in [0, 0.05) is 29.1 Å². The number of thioether (sulfide) groups is 1. The van der Waals surface area contributed by atoms with Crippen molar-refractivity contribution in [1.82, 2.24) is 5.32 Å². The Morgan fingerprint density at radius 2 is 1.89 bits per heavy atom. The van der Waals surface area contributed by atoms with E-state index in [2.05, 4.69) is 12.2 Å². The van der Waals surface area contributed by atoms with E-state index in [1.807, 2.05) is 44.2 Å². The summed E-state index contributed by atoms with van der Waals surface area (Å²) in [4.78, 5) is 26.9. The summed E-state index contributed by atoms with van der Waals surface area (Å²) in [6, 6.07) is 9.46. The normalized spacial score (nSPS) is 19.6. The molecule has 0 saturated heterocycles. The summed E-state index contributed by atoms with van der Waals surface area (Å²) in [5.74, 6) is 3.20. The number of hydrogen-bond donors (Lipinski definition) is 1. The van der Waals surface area contributed by atoms with Gasteiger partial charge in [0.15, 0.2) is 17.3 Å². The lowest BCUT2D eigenvalue weighted by atomic mass is 9.73. The van der Waals surface area contributed by atoms with E-state index < -0.39 is 11.9 Å². The van der Waals surface area contributed by atoms with Crippen LogP contribution in [-0.4, -0.2) is 44.1 Å². The van der Waals surface area contributed by atoms with Crippen molar-refractivity contribution in [1.29, 1.82) is 0 Å². The van der Waals surface area contributed by atoms with Gasteiger partial charge in [0.05, 0.1) is 25.7 Å². The molecule has 8 heteroatoms. The van der Waals surface area contributed by atoms with Crippen LogP contribution < -0.4 is 14.8 Å². The lowest BCUT2D eigenvalue weighted by Crippen LogP contribution is -2.36. The van der Waals surface area contributed by atoms with Crippen molar-refractivity contribution in [2.45, 2.75) is 45.4 Å². The number of rotatable bonds is 9. The fourth-order valence-electron chi connectivity index (χ4n) is 4.96. The Hall–Kier alpha value is -3.13. The maximum Gasteiger partial charge on any atom is 0.336 e. The maximum absolute atomic E-state index is 13.7. The molecule has 192 valence electrons. The van der Waals surface area contributed by atoms with E-state index in [4.69, 9.17) is 18.6 Å². The van der Waals surface area contributed by atoms with Gasteiger partial charge in [-0.2, -0.15) is 11.8 Å². The summed E-state index contributed by atoms with van der Waals surface area (Å²) in [6.45, 7) is 6.09. The Kier molecular flexibility index (Phi) is 8.14. The van der Waals surface area contributed by atoms with E-state index >= 15 is 0 Å². The first-order valence-electron chi connectivity index (χ1n) is 12.1. The number of nitrogens with one attached hydrogen (secondary N) is 1. The number of benzene rings is 1. The molecule has 1 aliphatic carbocycles. The van der Waals surface area contributed by atoms with Crippen LogP contribution in [-0.2, 0) is 14.3 Å². The first kappa shape index (κ1) is 25.9. The molecule has 2 atom stereocenters. The third-order valence-corrected chi connectivity index (χ3v) is 7.50. The summed E-state index contributed by atoms with van der Waals surface area (Å²) in [7, 11) is 3.20. The second-order valence-corrected chi connectivity index (χ2v) is 10.3. The van der Waals surface area contributed by atoms with Crippen LogP contribution in [0.25, 0.3) is 0 Å². The Bertz CT molecular complexity index is 1210. The van der Waals surface area contributed by atoms with Gasteiger partial charge in [-0.3, -0.25) is 4.79 Å². The molecule has 0 spiro atoms. The largest absolute Gasteiger partial charge is 0.493 e. The second kappa shape index (κ2) is 11.3. The van der Waals surface area contributed by atoms with E-state index in [1.54, 1.807) is 26.0 Å². The molecule has 2 aliphatic rings. The minimum Gasteiger partial charge on any atom is -0.493 e.